The Hall–Kier alpha value is -1.85. The van der Waals surface area contributed by atoms with Crippen molar-refractivity contribution >= 4 is 27.3 Å². The smallest absolute Gasteiger partial charge is 0.319 e. The van der Waals surface area contributed by atoms with Crippen LogP contribution in [0.4, 0.5) is 8.78 Å². The molecule has 1 saturated heterocycles. The second-order valence-electron chi connectivity index (χ2n) is 6.79. The monoisotopic (exact) mass is 432 g/mol. The standard InChI is InChI=1S/C17H22F2N4O3S2/c1-12-5-6-15(27-12)28(25,26)22-8-3-4-13(10-22)16(24)21(2)11-14-20-7-9-23(14)17(18)19/h5-7,9,13,17H,3-4,8,10-11H2,1-2H3. The zero-order chi connectivity index (χ0) is 20.5. The first kappa shape index (κ1) is 20.9. The number of hydrogen-bond donors (Lipinski definition) is 0. The highest BCUT2D eigenvalue weighted by Crippen LogP contribution is 2.29. The molecule has 0 radical (unpaired) electrons. The van der Waals surface area contributed by atoms with Gasteiger partial charge in [0.25, 0.3) is 10.0 Å². The Balaban J connectivity index is 1.69. The maximum atomic E-state index is 13.0. The van der Waals surface area contributed by atoms with Crippen molar-refractivity contribution in [3.8, 4) is 0 Å². The van der Waals surface area contributed by atoms with E-state index in [4.69, 9.17) is 0 Å². The van der Waals surface area contributed by atoms with Gasteiger partial charge in [0, 0.05) is 37.4 Å². The van der Waals surface area contributed by atoms with Crippen LogP contribution in [0, 0.1) is 12.8 Å². The molecule has 3 rings (SSSR count). The quantitative estimate of drug-likeness (QED) is 0.703. The normalized spacial score (nSPS) is 18.5. The highest BCUT2D eigenvalue weighted by Gasteiger charge is 2.35. The van der Waals surface area contributed by atoms with Crippen LogP contribution >= 0.6 is 11.3 Å². The van der Waals surface area contributed by atoms with Gasteiger partial charge in [-0.15, -0.1) is 11.3 Å². The first-order chi connectivity index (χ1) is 13.2. The number of nitrogens with zero attached hydrogens (tertiary/aromatic N) is 4. The summed E-state index contributed by atoms with van der Waals surface area (Å²) in [5.41, 5.74) is 0. The van der Waals surface area contributed by atoms with Crippen LogP contribution < -0.4 is 0 Å². The topological polar surface area (TPSA) is 75.5 Å². The number of rotatable bonds is 6. The van der Waals surface area contributed by atoms with E-state index >= 15 is 0 Å². The van der Waals surface area contributed by atoms with Gasteiger partial charge >= 0.3 is 6.55 Å². The summed E-state index contributed by atoms with van der Waals surface area (Å²) < 4.78 is 53.9. The van der Waals surface area contributed by atoms with Crippen LogP contribution in [0.5, 0.6) is 0 Å². The lowest BCUT2D eigenvalue weighted by Gasteiger charge is -2.32. The number of piperidine rings is 1. The number of carbonyl (C=O) groups excluding carboxylic acids is 1. The van der Waals surface area contributed by atoms with E-state index in [-0.39, 0.29) is 29.0 Å². The van der Waals surface area contributed by atoms with E-state index in [9.17, 15) is 22.0 Å². The lowest BCUT2D eigenvalue weighted by atomic mass is 9.98. The van der Waals surface area contributed by atoms with Gasteiger partial charge in [-0.2, -0.15) is 13.1 Å². The zero-order valence-corrected chi connectivity index (χ0v) is 17.2. The van der Waals surface area contributed by atoms with E-state index in [0.29, 0.717) is 24.0 Å². The molecule has 0 bridgehead atoms. The van der Waals surface area contributed by atoms with E-state index < -0.39 is 22.5 Å². The van der Waals surface area contributed by atoms with Crippen molar-refractivity contribution in [1.29, 1.82) is 0 Å². The fraction of sp³-hybridized carbons (Fsp3) is 0.529. The third kappa shape index (κ3) is 4.26. The Morgan fingerprint density at radius 1 is 1.43 bits per heavy atom. The molecule has 1 atom stereocenters. The van der Waals surface area contributed by atoms with Crippen molar-refractivity contribution in [2.75, 3.05) is 20.1 Å². The highest BCUT2D eigenvalue weighted by atomic mass is 32.2. The minimum Gasteiger partial charge on any atom is -0.338 e. The van der Waals surface area contributed by atoms with Gasteiger partial charge in [0.05, 0.1) is 12.5 Å². The molecule has 1 amide bonds. The summed E-state index contributed by atoms with van der Waals surface area (Å²) in [5, 5.41) is 0. The summed E-state index contributed by atoms with van der Waals surface area (Å²) in [6, 6.07) is 3.33. The minimum absolute atomic E-state index is 0.0659. The van der Waals surface area contributed by atoms with E-state index in [2.05, 4.69) is 4.98 Å². The molecule has 0 aliphatic carbocycles. The molecule has 28 heavy (non-hydrogen) atoms. The number of thiophene rings is 1. The van der Waals surface area contributed by atoms with Crippen molar-refractivity contribution in [1.82, 2.24) is 18.8 Å². The summed E-state index contributed by atoms with van der Waals surface area (Å²) in [4.78, 5) is 18.9. The van der Waals surface area contributed by atoms with Gasteiger partial charge in [-0.1, -0.05) is 0 Å². The van der Waals surface area contributed by atoms with Crippen LogP contribution in [0.3, 0.4) is 0 Å². The van der Waals surface area contributed by atoms with Crippen LogP contribution in [0.25, 0.3) is 0 Å². The maximum Gasteiger partial charge on any atom is 0.319 e. The molecule has 1 unspecified atom stereocenters. The first-order valence-electron chi connectivity index (χ1n) is 8.81. The average molecular weight is 433 g/mol. The number of hydrogen-bond acceptors (Lipinski definition) is 5. The Morgan fingerprint density at radius 3 is 2.82 bits per heavy atom. The van der Waals surface area contributed by atoms with E-state index in [1.807, 2.05) is 6.92 Å². The summed E-state index contributed by atoms with van der Waals surface area (Å²) in [5.74, 6) is -0.698. The number of alkyl halides is 2. The summed E-state index contributed by atoms with van der Waals surface area (Å²) in [6.07, 6.45) is 3.55. The SMILES string of the molecule is Cc1ccc(S(=O)(=O)N2CCCC(C(=O)N(C)Cc3nccn3C(F)F)C2)s1. The van der Waals surface area contributed by atoms with Gasteiger partial charge in [-0.05, 0) is 31.9 Å². The Bertz CT molecular complexity index is 942. The van der Waals surface area contributed by atoms with Crippen molar-refractivity contribution < 1.29 is 22.0 Å². The van der Waals surface area contributed by atoms with Crippen molar-refractivity contribution in [3.05, 3.63) is 35.2 Å². The average Bonchev–Trinajstić information content (AvgIpc) is 3.30. The Labute approximate surface area is 166 Å². The number of sulfonamides is 1. The van der Waals surface area contributed by atoms with Crippen molar-refractivity contribution in [2.24, 2.45) is 5.92 Å². The Kier molecular flexibility index (Phi) is 6.15. The summed E-state index contributed by atoms with van der Waals surface area (Å²) in [6.45, 7) is -0.506. The van der Waals surface area contributed by atoms with Crippen LogP contribution in [0.2, 0.25) is 0 Å². The maximum absolute atomic E-state index is 13.0. The number of amides is 1. The molecule has 0 spiro atoms. The minimum atomic E-state index is -3.64. The molecule has 0 aromatic carbocycles. The van der Waals surface area contributed by atoms with Gasteiger partial charge in [-0.3, -0.25) is 9.36 Å². The second-order valence-corrected chi connectivity index (χ2v) is 10.2. The predicted octanol–water partition coefficient (Wildman–Crippen LogP) is 2.71. The lowest BCUT2D eigenvalue weighted by molar-refractivity contribution is -0.136. The molecule has 0 saturated carbocycles. The molecule has 2 aromatic heterocycles. The van der Waals surface area contributed by atoms with E-state index in [1.165, 1.54) is 33.8 Å². The molecule has 154 valence electrons. The lowest BCUT2D eigenvalue weighted by Crippen LogP contribution is -2.45. The van der Waals surface area contributed by atoms with Crippen molar-refractivity contribution in [2.45, 2.75) is 37.1 Å². The molecular weight excluding hydrogens is 410 g/mol. The number of aromatic nitrogens is 2. The molecule has 7 nitrogen and oxygen atoms in total. The van der Waals surface area contributed by atoms with Crippen LogP contribution in [0.15, 0.2) is 28.7 Å². The third-order valence-corrected chi connectivity index (χ3v) is 8.09. The molecule has 1 aliphatic rings. The number of imidazole rings is 1. The molecular formula is C17H22F2N4O3S2. The number of aryl methyl sites for hydroxylation is 1. The largest absolute Gasteiger partial charge is 0.338 e. The molecule has 1 aliphatic heterocycles. The molecule has 3 heterocycles. The van der Waals surface area contributed by atoms with Crippen LogP contribution in [-0.4, -0.2) is 53.2 Å². The van der Waals surface area contributed by atoms with Crippen molar-refractivity contribution in [3.63, 3.8) is 0 Å². The van der Waals surface area contributed by atoms with Crippen LogP contribution in [0.1, 0.15) is 30.1 Å². The van der Waals surface area contributed by atoms with Crippen LogP contribution in [-0.2, 0) is 21.4 Å². The second kappa shape index (κ2) is 8.26. The molecule has 2 aromatic rings. The number of halogens is 2. The highest BCUT2D eigenvalue weighted by molar-refractivity contribution is 7.91. The fourth-order valence-electron chi connectivity index (χ4n) is 3.29. The molecule has 1 fully saturated rings. The number of carbonyl (C=O) groups is 1. The van der Waals surface area contributed by atoms with E-state index in [1.54, 1.807) is 12.1 Å². The third-order valence-electron chi connectivity index (χ3n) is 4.76. The predicted molar refractivity (Wildman–Crippen MR) is 100 cm³/mol. The van der Waals surface area contributed by atoms with Gasteiger partial charge in [-0.25, -0.2) is 13.4 Å². The first-order valence-corrected chi connectivity index (χ1v) is 11.1. The van der Waals surface area contributed by atoms with Gasteiger partial charge in [0.2, 0.25) is 5.91 Å². The fourth-order valence-corrected chi connectivity index (χ4v) is 6.25. The van der Waals surface area contributed by atoms with Gasteiger partial charge < -0.3 is 4.90 Å². The summed E-state index contributed by atoms with van der Waals surface area (Å²) >= 11 is 1.20. The molecule has 0 N–H and O–H groups in total. The zero-order valence-electron chi connectivity index (χ0n) is 15.6. The van der Waals surface area contributed by atoms with Gasteiger partial charge in [0.1, 0.15) is 10.0 Å². The molecule has 11 heteroatoms. The van der Waals surface area contributed by atoms with Gasteiger partial charge in [0.15, 0.2) is 0 Å². The Morgan fingerprint density at radius 2 is 2.18 bits per heavy atom. The van der Waals surface area contributed by atoms with E-state index in [0.717, 1.165) is 11.1 Å². The summed E-state index contributed by atoms with van der Waals surface area (Å²) in [7, 11) is -2.12.